The molecule has 0 aliphatic rings. The van der Waals surface area contributed by atoms with Gasteiger partial charge in [-0.3, -0.25) is 0 Å². The summed E-state index contributed by atoms with van der Waals surface area (Å²) in [6.45, 7) is 6.96. The molecule has 0 aliphatic carbocycles. The van der Waals surface area contributed by atoms with Gasteiger partial charge in [0.25, 0.3) is 0 Å². The third-order valence-corrected chi connectivity index (χ3v) is 4.02. The highest BCUT2D eigenvalue weighted by Crippen LogP contribution is 2.15. The predicted octanol–water partition coefficient (Wildman–Crippen LogP) is 4.28. The minimum absolute atomic E-state index is 0.194. The highest BCUT2D eigenvalue weighted by Gasteiger charge is 2.05. The quantitative estimate of drug-likeness (QED) is 0.714. The van der Waals surface area contributed by atoms with Crippen LogP contribution in [-0.2, 0) is 13.0 Å². The molecule has 0 saturated carbocycles. The van der Waals surface area contributed by atoms with Gasteiger partial charge in [0.2, 0.25) is 0 Å². The standard InChI is InChI=1S/C21H27NO3/c1-15(2)25-20-12-8-17(9-13-20)5-4-16(3)22-14-18-6-10-19(11-7-18)21(23)24/h6-13,15-16,22H,4-5,14H2,1-3H3,(H,23,24). The Kier molecular flexibility index (Phi) is 7.02. The Balaban J connectivity index is 1.74. The summed E-state index contributed by atoms with van der Waals surface area (Å²) in [5.74, 6) is 0.0208. The monoisotopic (exact) mass is 341 g/mol. The van der Waals surface area contributed by atoms with Crippen molar-refractivity contribution in [1.82, 2.24) is 5.32 Å². The Hall–Kier alpha value is -2.33. The molecule has 0 aromatic heterocycles. The van der Waals surface area contributed by atoms with Gasteiger partial charge in [-0.2, -0.15) is 0 Å². The van der Waals surface area contributed by atoms with Gasteiger partial charge in [0.1, 0.15) is 5.75 Å². The van der Waals surface area contributed by atoms with Gasteiger partial charge in [0.05, 0.1) is 11.7 Å². The minimum atomic E-state index is -0.891. The molecule has 0 heterocycles. The average molecular weight is 341 g/mol. The van der Waals surface area contributed by atoms with Crippen molar-refractivity contribution in [2.24, 2.45) is 0 Å². The molecule has 0 bridgehead atoms. The van der Waals surface area contributed by atoms with Crippen molar-refractivity contribution in [3.05, 3.63) is 65.2 Å². The second kappa shape index (κ2) is 9.23. The van der Waals surface area contributed by atoms with E-state index in [1.54, 1.807) is 12.1 Å². The van der Waals surface area contributed by atoms with Crippen LogP contribution in [0.4, 0.5) is 0 Å². The van der Waals surface area contributed by atoms with Crippen LogP contribution in [0.1, 0.15) is 48.7 Å². The predicted molar refractivity (Wildman–Crippen MR) is 100 cm³/mol. The number of rotatable bonds is 9. The van der Waals surface area contributed by atoms with Gasteiger partial charge in [0.15, 0.2) is 0 Å². The Bertz CT molecular complexity index is 663. The van der Waals surface area contributed by atoms with Crippen LogP contribution in [-0.4, -0.2) is 23.2 Å². The molecule has 0 aliphatic heterocycles. The summed E-state index contributed by atoms with van der Waals surface area (Å²) in [5, 5.41) is 12.4. The second-order valence-corrected chi connectivity index (χ2v) is 6.63. The van der Waals surface area contributed by atoms with E-state index < -0.39 is 5.97 Å². The summed E-state index contributed by atoms with van der Waals surface area (Å²) in [6.07, 6.45) is 2.24. The molecule has 1 unspecified atom stereocenters. The Labute approximate surface area is 149 Å². The molecule has 4 heteroatoms. The molecule has 0 amide bonds. The van der Waals surface area contributed by atoms with Crippen LogP contribution in [0.5, 0.6) is 5.75 Å². The van der Waals surface area contributed by atoms with E-state index in [2.05, 4.69) is 24.4 Å². The van der Waals surface area contributed by atoms with Gasteiger partial charge < -0.3 is 15.2 Å². The third kappa shape index (κ3) is 6.59. The van der Waals surface area contributed by atoms with Gasteiger partial charge in [0, 0.05) is 12.6 Å². The maximum Gasteiger partial charge on any atom is 0.335 e. The number of carbonyl (C=O) groups is 1. The number of carboxylic acid groups (broad SMARTS) is 1. The van der Waals surface area contributed by atoms with E-state index in [0.717, 1.165) is 30.7 Å². The molecule has 0 fully saturated rings. The van der Waals surface area contributed by atoms with Gasteiger partial charge >= 0.3 is 5.97 Å². The molecular weight excluding hydrogens is 314 g/mol. The molecule has 2 rings (SSSR count). The van der Waals surface area contributed by atoms with Crippen LogP contribution in [0.25, 0.3) is 0 Å². The summed E-state index contributed by atoms with van der Waals surface area (Å²) < 4.78 is 5.66. The molecule has 25 heavy (non-hydrogen) atoms. The van der Waals surface area contributed by atoms with Crippen LogP contribution in [0.2, 0.25) is 0 Å². The zero-order chi connectivity index (χ0) is 18.2. The molecule has 134 valence electrons. The number of nitrogens with one attached hydrogen (secondary N) is 1. The van der Waals surface area contributed by atoms with Gasteiger partial charge in [-0.25, -0.2) is 4.79 Å². The first-order valence-corrected chi connectivity index (χ1v) is 8.75. The Morgan fingerprint density at radius 3 is 2.16 bits per heavy atom. The first-order chi connectivity index (χ1) is 11.9. The SMILES string of the molecule is CC(CCc1ccc(OC(C)C)cc1)NCc1ccc(C(=O)O)cc1. The minimum Gasteiger partial charge on any atom is -0.491 e. The number of hydrogen-bond donors (Lipinski definition) is 2. The third-order valence-electron chi connectivity index (χ3n) is 4.02. The number of aromatic carboxylic acids is 1. The van der Waals surface area contributed by atoms with Crippen molar-refractivity contribution >= 4 is 5.97 Å². The van der Waals surface area contributed by atoms with Crippen molar-refractivity contribution in [3.63, 3.8) is 0 Å². The fourth-order valence-electron chi connectivity index (χ4n) is 2.55. The summed E-state index contributed by atoms with van der Waals surface area (Å²) in [6, 6.07) is 15.7. The molecule has 0 radical (unpaired) electrons. The molecular formula is C21H27NO3. The lowest BCUT2D eigenvalue weighted by Crippen LogP contribution is -2.26. The Morgan fingerprint density at radius 1 is 1.00 bits per heavy atom. The highest BCUT2D eigenvalue weighted by molar-refractivity contribution is 5.87. The number of aryl methyl sites for hydroxylation is 1. The maximum atomic E-state index is 10.8. The van der Waals surface area contributed by atoms with E-state index in [1.165, 1.54) is 5.56 Å². The molecule has 1 atom stereocenters. The number of ether oxygens (including phenoxy) is 1. The van der Waals surface area contributed by atoms with E-state index in [4.69, 9.17) is 9.84 Å². The first-order valence-electron chi connectivity index (χ1n) is 8.75. The fourth-order valence-corrected chi connectivity index (χ4v) is 2.55. The number of benzene rings is 2. The molecule has 0 saturated heterocycles. The van der Waals surface area contributed by atoms with Crippen molar-refractivity contribution in [2.75, 3.05) is 0 Å². The lowest BCUT2D eigenvalue weighted by Gasteiger charge is -2.14. The van der Waals surface area contributed by atoms with E-state index in [0.29, 0.717) is 11.6 Å². The van der Waals surface area contributed by atoms with E-state index >= 15 is 0 Å². The highest BCUT2D eigenvalue weighted by atomic mass is 16.5. The van der Waals surface area contributed by atoms with Crippen LogP contribution < -0.4 is 10.1 Å². The van der Waals surface area contributed by atoms with Crippen molar-refractivity contribution < 1.29 is 14.6 Å². The zero-order valence-electron chi connectivity index (χ0n) is 15.2. The van der Waals surface area contributed by atoms with Crippen molar-refractivity contribution in [1.29, 1.82) is 0 Å². The molecule has 2 aromatic rings. The second-order valence-electron chi connectivity index (χ2n) is 6.63. The fraction of sp³-hybridized carbons (Fsp3) is 0.381. The lowest BCUT2D eigenvalue weighted by molar-refractivity contribution is 0.0697. The van der Waals surface area contributed by atoms with E-state index in [-0.39, 0.29) is 6.10 Å². The summed E-state index contributed by atoms with van der Waals surface area (Å²) in [7, 11) is 0. The maximum absolute atomic E-state index is 10.8. The average Bonchev–Trinajstić information content (AvgIpc) is 2.59. The van der Waals surface area contributed by atoms with E-state index in [1.807, 2.05) is 38.1 Å². The normalized spacial score (nSPS) is 12.2. The van der Waals surface area contributed by atoms with Crippen LogP contribution >= 0.6 is 0 Å². The summed E-state index contributed by atoms with van der Waals surface area (Å²) >= 11 is 0. The smallest absolute Gasteiger partial charge is 0.335 e. The first kappa shape index (κ1) is 19.0. The van der Waals surface area contributed by atoms with Crippen molar-refractivity contribution in [3.8, 4) is 5.75 Å². The Morgan fingerprint density at radius 2 is 1.60 bits per heavy atom. The molecule has 2 aromatic carbocycles. The molecule has 4 nitrogen and oxygen atoms in total. The summed E-state index contributed by atoms with van der Waals surface area (Å²) in [4.78, 5) is 10.8. The van der Waals surface area contributed by atoms with Crippen molar-refractivity contribution in [2.45, 2.75) is 52.3 Å². The van der Waals surface area contributed by atoms with Crippen LogP contribution in [0.3, 0.4) is 0 Å². The summed E-state index contributed by atoms with van der Waals surface area (Å²) in [5.41, 5.74) is 2.71. The van der Waals surface area contributed by atoms with Gasteiger partial charge in [-0.15, -0.1) is 0 Å². The zero-order valence-corrected chi connectivity index (χ0v) is 15.2. The topological polar surface area (TPSA) is 58.6 Å². The van der Waals surface area contributed by atoms with Gasteiger partial charge in [-0.05, 0) is 69.0 Å². The van der Waals surface area contributed by atoms with Crippen LogP contribution in [0.15, 0.2) is 48.5 Å². The van der Waals surface area contributed by atoms with E-state index in [9.17, 15) is 4.79 Å². The van der Waals surface area contributed by atoms with Crippen LogP contribution in [0, 0.1) is 0 Å². The number of carboxylic acids is 1. The lowest BCUT2D eigenvalue weighted by atomic mass is 10.1. The largest absolute Gasteiger partial charge is 0.491 e. The molecule has 2 N–H and O–H groups in total. The van der Waals surface area contributed by atoms with Gasteiger partial charge in [-0.1, -0.05) is 24.3 Å². The number of hydrogen-bond acceptors (Lipinski definition) is 3. The molecule has 0 spiro atoms.